The van der Waals surface area contributed by atoms with Gasteiger partial charge in [-0.15, -0.1) is 0 Å². The van der Waals surface area contributed by atoms with Crippen LogP contribution in [0.3, 0.4) is 0 Å². The lowest BCUT2D eigenvalue weighted by molar-refractivity contribution is 0.330. The van der Waals surface area contributed by atoms with Crippen LogP contribution in [-0.4, -0.2) is 26.5 Å². The molecule has 2 aromatic heterocycles. The number of aromatic nitrogens is 4. The molecule has 0 amide bonds. The minimum absolute atomic E-state index is 0.126. The average Bonchev–Trinajstić information content (AvgIpc) is 2.69. The Balaban J connectivity index is 1.94. The lowest BCUT2D eigenvalue weighted by atomic mass is 9.73. The molecule has 2 heterocycles. The third-order valence-corrected chi connectivity index (χ3v) is 4.49. The third-order valence-electron chi connectivity index (χ3n) is 4.49. The Morgan fingerprint density at radius 3 is 2.69 bits per heavy atom. The van der Waals surface area contributed by atoms with Crippen molar-refractivity contribution >= 4 is 17.1 Å². The second kappa shape index (κ2) is 6.55. The summed E-state index contributed by atoms with van der Waals surface area (Å²) in [6.45, 7) is 2.35. The van der Waals surface area contributed by atoms with E-state index in [1.165, 1.54) is 0 Å². The molecule has 0 spiro atoms. The predicted octanol–water partition coefficient (Wildman–Crippen LogP) is 3.20. The highest BCUT2D eigenvalue weighted by molar-refractivity contribution is 5.77. The van der Waals surface area contributed by atoms with E-state index >= 15 is 0 Å². The van der Waals surface area contributed by atoms with Crippen molar-refractivity contribution in [1.82, 2.24) is 19.9 Å². The third kappa shape index (κ3) is 2.69. The summed E-state index contributed by atoms with van der Waals surface area (Å²) >= 11 is 0. The lowest BCUT2D eigenvalue weighted by Crippen LogP contribution is -2.27. The monoisotopic (exact) mass is 345 g/mol. The Morgan fingerprint density at radius 2 is 1.96 bits per heavy atom. The van der Waals surface area contributed by atoms with Crippen LogP contribution in [0.2, 0.25) is 0 Å². The Hall–Kier alpha value is -3.28. The van der Waals surface area contributed by atoms with E-state index in [9.17, 15) is 0 Å². The topological polar surface area (TPSA) is 86.8 Å². The Bertz CT molecular complexity index is 1000. The predicted molar refractivity (Wildman–Crippen MR) is 101 cm³/mol. The van der Waals surface area contributed by atoms with Gasteiger partial charge in [0.15, 0.2) is 11.2 Å². The van der Waals surface area contributed by atoms with E-state index in [4.69, 9.17) is 15.5 Å². The van der Waals surface area contributed by atoms with Gasteiger partial charge in [-0.05, 0) is 18.9 Å². The molecule has 4 rings (SSSR count). The number of anilines is 1. The van der Waals surface area contributed by atoms with Gasteiger partial charge in [-0.2, -0.15) is 9.97 Å². The Kier molecular flexibility index (Phi) is 4.08. The molecule has 0 saturated carbocycles. The van der Waals surface area contributed by atoms with Crippen LogP contribution in [0, 0.1) is 0 Å². The van der Waals surface area contributed by atoms with Gasteiger partial charge in [0.1, 0.15) is 0 Å². The number of rotatable bonds is 4. The van der Waals surface area contributed by atoms with Crippen molar-refractivity contribution in [2.24, 2.45) is 0 Å². The summed E-state index contributed by atoms with van der Waals surface area (Å²) < 4.78 is 5.62. The number of nitrogens with zero attached hydrogens (tertiary/aromatic N) is 4. The first-order valence-corrected chi connectivity index (χ1v) is 8.56. The highest BCUT2D eigenvalue weighted by Gasteiger charge is 2.34. The quantitative estimate of drug-likeness (QED) is 0.781. The van der Waals surface area contributed by atoms with Gasteiger partial charge >= 0.3 is 0 Å². The summed E-state index contributed by atoms with van der Waals surface area (Å²) in [5.41, 5.74) is 8.32. The molecule has 6 nitrogen and oxygen atoms in total. The molecule has 1 aliphatic rings. The first kappa shape index (κ1) is 16.2. The number of hydrogen-bond donors (Lipinski definition) is 1. The van der Waals surface area contributed by atoms with Crippen molar-refractivity contribution in [2.75, 3.05) is 12.3 Å². The zero-order valence-electron chi connectivity index (χ0n) is 14.5. The highest BCUT2D eigenvalue weighted by atomic mass is 16.5. The average molecular weight is 345 g/mol. The van der Waals surface area contributed by atoms with Gasteiger partial charge in [0.2, 0.25) is 11.8 Å². The summed E-state index contributed by atoms with van der Waals surface area (Å²) in [6, 6.07) is 10.3. The van der Waals surface area contributed by atoms with Crippen LogP contribution in [0.1, 0.15) is 24.6 Å². The normalized spacial score (nSPS) is 19.0. The fourth-order valence-electron chi connectivity index (χ4n) is 3.26. The van der Waals surface area contributed by atoms with Crippen LogP contribution in [0.15, 0.2) is 60.8 Å². The molecule has 2 N–H and O–H groups in total. The van der Waals surface area contributed by atoms with Gasteiger partial charge in [0.05, 0.1) is 23.9 Å². The largest absolute Gasteiger partial charge is 0.476 e. The molecular weight excluding hydrogens is 326 g/mol. The standard InChI is InChI=1S/C20H19N5O/c1-2-26-18-16-17(24-19(21)25-18)22-13-15(23-16)20(11-7-4-8-12-20)14-9-5-3-6-10-14/h3-11,13H,2,12H2,1H3,(H2,21,22,24,25). The van der Waals surface area contributed by atoms with Gasteiger partial charge < -0.3 is 10.5 Å². The molecule has 1 unspecified atom stereocenters. The van der Waals surface area contributed by atoms with E-state index in [1.807, 2.05) is 37.3 Å². The second-order valence-electron chi connectivity index (χ2n) is 6.08. The molecule has 0 aliphatic heterocycles. The Labute approximate surface area is 151 Å². The molecule has 1 aromatic carbocycles. The highest BCUT2D eigenvalue weighted by Crippen LogP contribution is 2.39. The fourth-order valence-corrected chi connectivity index (χ4v) is 3.26. The fraction of sp³-hybridized carbons (Fsp3) is 0.200. The van der Waals surface area contributed by atoms with E-state index < -0.39 is 0 Å². The summed E-state index contributed by atoms with van der Waals surface area (Å²) in [7, 11) is 0. The van der Waals surface area contributed by atoms with Crippen molar-refractivity contribution < 1.29 is 4.74 Å². The van der Waals surface area contributed by atoms with E-state index in [0.29, 0.717) is 23.7 Å². The Morgan fingerprint density at radius 1 is 1.12 bits per heavy atom. The number of allylic oxidation sites excluding steroid dienone is 4. The van der Waals surface area contributed by atoms with Gasteiger partial charge in [0.25, 0.3) is 0 Å². The molecule has 1 atom stereocenters. The number of nitrogen functional groups attached to an aromatic ring is 1. The van der Waals surface area contributed by atoms with Crippen molar-refractivity contribution in [3.8, 4) is 5.88 Å². The molecule has 0 bridgehead atoms. The molecule has 0 saturated heterocycles. The number of nitrogens with two attached hydrogens (primary N) is 1. The van der Waals surface area contributed by atoms with Crippen molar-refractivity contribution in [3.63, 3.8) is 0 Å². The molecular formula is C20H19N5O. The molecule has 6 heteroatoms. The van der Waals surface area contributed by atoms with Crippen LogP contribution < -0.4 is 10.5 Å². The van der Waals surface area contributed by atoms with Gasteiger partial charge in [-0.3, -0.25) is 0 Å². The number of hydrogen-bond acceptors (Lipinski definition) is 6. The zero-order chi connectivity index (χ0) is 18.0. The smallest absolute Gasteiger partial charge is 0.247 e. The number of ether oxygens (including phenoxy) is 1. The maximum absolute atomic E-state index is 5.76. The molecule has 0 fully saturated rings. The van der Waals surface area contributed by atoms with Crippen LogP contribution in [-0.2, 0) is 5.41 Å². The number of fused-ring (bicyclic) bond motifs is 1. The molecule has 0 radical (unpaired) electrons. The van der Waals surface area contributed by atoms with E-state index in [0.717, 1.165) is 17.7 Å². The summed E-state index contributed by atoms with van der Waals surface area (Å²) in [4.78, 5) is 17.7. The summed E-state index contributed by atoms with van der Waals surface area (Å²) in [6.07, 6.45) is 11.0. The maximum Gasteiger partial charge on any atom is 0.247 e. The second-order valence-corrected chi connectivity index (χ2v) is 6.08. The minimum atomic E-state index is -0.387. The number of benzene rings is 1. The van der Waals surface area contributed by atoms with E-state index in [1.54, 1.807) is 6.20 Å². The molecule has 130 valence electrons. The molecule has 26 heavy (non-hydrogen) atoms. The van der Waals surface area contributed by atoms with Crippen LogP contribution in [0.5, 0.6) is 5.88 Å². The van der Waals surface area contributed by atoms with Crippen molar-refractivity contribution in [2.45, 2.75) is 18.8 Å². The van der Waals surface area contributed by atoms with Gasteiger partial charge in [0, 0.05) is 0 Å². The molecule has 3 aromatic rings. The van der Waals surface area contributed by atoms with E-state index in [2.05, 4.69) is 39.2 Å². The summed E-state index contributed by atoms with van der Waals surface area (Å²) in [5.74, 6) is 0.490. The molecule has 1 aliphatic carbocycles. The SMILES string of the molecule is CCOc1nc(N)nc2ncc(C3(c4ccccc4)C=CC=CC3)nc12. The van der Waals surface area contributed by atoms with Gasteiger partial charge in [-0.1, -0.05) is 54.6 Å². The first-order valence-electron chi connectivity index (χ1n) is 8.56. The zero-order valence-corrected chi connectivity index (χ0v) is 14.5. The van der Waals surface area contributed by atoms with Crippen LogP contribution in [0.25, 0.3) is 11.2 Å². The van der Waals surface area contributed by atoms with E-state index in [-0.39, 0.29) is 11.4 Å². The van der Waals surface area contributed by atoms with Crippen molar-refractivity contribution in [1.29, 1.82) is 0 Å². The summed E-state index contributed by atoms with van der Waals surface area (Å²) in [5, 5.41) is 0. The van der Waals surface area contributed by atoms with Crippen LogP contribution >= 0.6 is 0 Å². The lowest BCUT2D eigenvalue weighted by Gasteiger charge is -2.31. The first-order chi connectivity index (χ1) is 12.7. The maximum atomic E-state index is 5.76. The van der Waals surface area contributed by atoms with Crippen molar-refractivity contribution in [3.05, 3.63) is 72.1 Å². The minimum Gasteiger partial charge on any atom is -0.476 e. The van der Waals surface area contributed by atoms with Gasteiger partial charge in [-0.25, -0.2) is 9.97 Å². The van der Waals surface area contributed by atoms with Crippen LogP contribution in [0.4, 0.5) is 5.95 Å².